The number of aliphatic hydroxyl groups is 2. The second kappa shape index (κ2) is 50.5. The molecule has 12 nitrogen and oxygen atoms in total. The van der Waals surface area contributed by atoms with Gasteiger partial charge in [-0.3, -0.25) is 14.4 Å². The average Bonchev–Trinajstić information content (AvgIpc) is 3.39. The molecule has 0 aliphatic carbocycles. The van der Waals surface area contributed by atoms with Gasteiger partial charge in [-0.15, -0.1) is 0 Å². The molecule has 12 heteroatoms. The highest BCUT2D eigenvalue weighted by molar-refractivity contribution is 5.74. The van der Waals surface area contributed by atoms with Gasteiger partial charge in [0.05, 0.1) is 6.61 Å². The minimum Gasteiger partial charge on any atom is -0.479 e. The van der Waals surface area contributed by atoms with Gasteiger partial charge in [-0.1, -0.05) is 189 Å². The van der Waals surface area contributed by atoms with Gasteiger partial charge >= 0.3 is 23.9 Å². The molecule has 0 saturated carbocycles. The standard InChI is InChI=1S/C63H102O12/c1-4-7-10-13-16-19-22-25-27-28-30-32-34-37-40-43-46-49-55(64)71-52-54(73-56(65)50-47-44-41-38-35-31-24-21-18-15-12-9-6-3)53-72-63-61(59(68)58(67)60(75-63)62(69)70)74-57(66)51-48-45-42-39-36-33-29-26-23-20-17-14-11-8-5-2/h8-9,11-12,17-18,20-21,25-27,29,31,35-36,39,54,58-61,63,67-68H,4-7,10,13-16,19,22-24,28,30,32-34,37-38,40-53H2,1-3H3,(H,69,70)/b11-8-,12-9-,20-17-,21-18-,27-25-,29-26-,35-31-,39-36-. The van der Waals surface area contributed by atoms with E-state index >= 15 is 0 Å². The van der Waals surface area contributed by atoms with Crippen LogP contribution >= 0.6 is 0 Å². The van der Waals surface area contributed by atoms with E-state index in [-0.39, 0.29) is 25.9 Å². The van der Waals surface area contributed by atoms with E-state index in [0.717, 1.165) is 103 Å². The molecule has 0 aromatic heterocycles. The Labute approximate surface area is 453 Å². The molecule has 0 spiro atoms. The summed E-state index contributed by atoms with van der Waals surface area (Å²) >= 11 is 0. The maximum atomic E-state index is 13.1. The quantitative estimate of drug-likeness (QED) is 0.0228. The van der Waals surface area contributed by atoms with Crippen LogP contribution < -0.4 is 0 Å². The number of rotatable bonds is 48. The van der Waals surface area contributed by atoms with Gasteiger partial charge in [0, 0.05) is 19.3 Å². The number of esters is 3. The van der Waals surface area contributed by atoms with Crippen molar-refractivity contribution in [2.24, 2.45) is 0 Å². The van der Waals surface area contributed by atoms with Crippen LogP contribution in [0.4, 0.5) is 0 Å². The number of unbranched alkanes of at least 4 members (excludes halogenated alkanes) is 18. The predicted octanol–water partition coefficient (Wildman–Crippen LogP) is 14.9. The molecule has 3 N–H and O–H groups in total. The summed E-state index contributed by atoms with van der Waals surface area (Å²) in [6, 6.07) is 0. The summed E-state index contributed by atoms with van der Waals surface area (Å²) in [5.74, 6) is -3.23. The van der Waals surface area contributed by atoms with Crippen molar-refractivity contribution in [1.29, 1.82) is 0 Å². The Morgan fingerprint density at radius 2 is 0.840 bits per heavy atom. The maximum Gasteiger partial charge on any atom is 0.335 e. The van der Waals surface area contributed by atoms with Crippen molar-refractivity contribution in [3.63, 3.8) is 0 Å². The molecule has 0 aromatic rings. The summed E-state index contributed by atoms with van der Waals surface area (Å²) in [4.78, 5) is 51.1. The first-order chi connectivity index (χ1) is 36.6. The number of ether oxygens (including phenoxy) is 5. The van der Waals surface area contributed by atoms with Crippen LogP contribution in [0.1, 0.15) is 226 Å². The number of carboxylic acids is 1. The van der Waals surface area contributed by atoms with Crippen LogP contribution in [0.5, 0.6) is 0 Å². The number of aliphatic carboxylic acids is 1. The zero-order valence-corrected chi connectivity index (χ0v) is 46.8. The largest absolute Gasteiger partial charge is 0.479 e. The van der Waals surface area contributed by atoms with Crippen molar-refractivity contribution >= 4 is 23.9 Å². The molecule has 0 bridgehead atoms. The molecule has 0 radical (unpaired) electrons. The molecule has 1 rings (SSSR count). The summed E-state index contributed by atoms with van der Waals surface area (Å²) in [7, 11) is 0. The molecule has 0 aromatic carbocycles. The van der Waals surface area contributed by atoms with Gasteiger partial charge in [0.2, 0.25) is 0 Å². The average molecular weight is 1050 g/mol. The van der Waals surface area contributed by atoms with Crippen molar-refractivity contribution in [2.75, 3.05) is 13.2 Å². The maximum absolute atomic E-state index is 13.1. The van der Waals surface area contributed by atoms with Crippen LogP contribution in [-0.2, 0) is 42.9 Å². The van der Waals surface area contributed by atoms with E-state index in [1.165, 1.54) is 57.8 Å². The molecule has 75 heavy (non-hydrogen) atoms. The first kappa shape index (κ1) is 68.7. The molecular formula is C63H102O12. The molecule has 6 atom stereocenters. The van der Waals surface area contributed by atoms with Crippen LogP contribution in [-0.4, -0.2) is 89.2 Å². The minimum atomic E-state index is -1.93. The van der Waals surface area contributed by atoms with Gasteiger partial charge in [-0.05, 0) is 116 Å². The number of hydrogen-bond acceptors (Lipinski definition) is 11. The number of carbonyl (C=O) groups excluding carboxylic acids is 3. The highest BCUT2D eigenvalue weighted by Crippen LogP contribution is 2.26. The van der Waals surface area contributed by atoms with Gasteiger partial charge in [0.25, 0.3) is 0 Å². The lowest BCUT2D eigenvalue weighted by Crippen LogP contribution is -2.61. The third-order valence-corrected chi connectivity index (χ3v) is 12.6. The van der Waals surface area contributed by atoms with Crippen molar-refractivity contribution in [3.05, 3.63) is 97.2 Å². The lowest BCUT2D eigenvalue weighted by atomic mass is 9.98. The van der Waals surface area contributed by atoms with E-state index in [0.29, 0.717) is 25.7 Å². The normalized spacial score (nSPS) is 18.9. The van der Waals surface area contributed by atoms with Crippen molar-refractivity contribution in [2.45, 2.75) is 263 Å². The number of carbonyl (C=O) groups is 4. The Hall–Kier alpha value is -4.36. The molecule has 426 valence electrons. The number of allylic oxidation sites excluding steroid dienone is 16. The Morgan fingerprint density at radius 3 is 1.33 bits per heavy atom. The van der Waals surface area contributed by atoms with E-state index in [4.69, 9.17) is 23.7 Å². The van der Waals surface area contributed by atoms with Gasteiger partial charge in [-0.2, -0.15) is 0 Å². The van der Waals surface area contributed by atoms with Crippen LogP contribution in [0, 0.1) is 0 Å². The van der Waals surface area contributed by atoms with E-state index in [1.807, 2.05) is 0 Å². The zero-order chi connectivity index (χ0) is 54.7. The summed E-state index contributed by atoms with van der Waals surface area (Å²) in [5.41, 5.74) is 0. The molecule has 6 unspecified atom stereocenters. The van der Waals surface area contributed by atoms with E-state index < -0.39 is 67.3 Å². The predicted molar refractivity (Wildman–Crippen MR) is 303 cm³/mol. The summed E-state index contributed by atoms with van der Waals surface area (Å²) < 4.78 is 28.3. The van der Waals surface area contributed by atoms with Gasteiger partial charge in [0.1, 0.15) is 18.8 Å². The Kier molecular flexibility index (Phi) is 46.2. The topological polar surface area (TPSA) is 175 Å². The fourth-order valence-corrected chi connectivity index (χ4v) is 8.19. The Balaban J connectivity index is 2.73. The smallest absolute Gasteiger partial charge is 0.335 e. The van der Waals surface area contributed by atoms with E-state index in [9.17, 15) is 34.5 Å². The fraction of sp³-hybridized carbons (Fsp3) is 0.683. The summed E-state index contributed by atoms with van der Waals surface area (Å²) in [6.07, 6.45) is 53.9. The summed E-state index contributed by atoms with van der Waals surface area (Å²) in [5, 5.41) is 31.4. The van der Waals surface area contributed by atoms with Crippen LogP contribution in [0.15, 0.2) is 97.2 Å². The van der Waals surface area contributed by atoms with E-state index in [2.05, 4.69) is 118 Å². The highest BCUT2D eigenvalue weighted by Gasteiger charge is 2.50. The first-order valence-corrected chi connectivity index (χ1v) is 29.2. The Bertz CT molecular complexity index is 1670. The molecule has 1 saturated heterocycles. The second-order valence-corrected chi connectivity index (χ2v) is 19.5. The SMILES string of the molecule is CC/C=C\C/C=C\C/C=C\C/C=C\CCCCC(=O)OC1C(OCC(COC(=O)CCCCCCCCC/C=C\CCCCCCCC)OC(=O)CCCCC/C=C\C/C=C\C/C=C\CC)OC(C(=O)O)C(O)C1O. The lowest BCUT2D eigenvalue weighted by molar-refractivity contribution is -0.301. The first-order valence-electron chi connectivity index (χ1n) is 29.2. The molecular weight excluding hydrogens is 949 g/mol. The fourth-order valence-electron chi connectivity index (χ4n) is 8.19. The Morgan fingerprint density at radius 1 is 0.453 bits per heavy atom. The third kappa shape index (κ3) is 40.6. The zero-order valence-electron chi connectivity index (χ0n) is 46.8. The van der Waals surface area contributed by atoms with Crippen LogP contribution in [0.2, 0.25) is 0 Å². The second-order valence-electron chi connectivity index (χ2n) is 19.5. The lowest BCUT2D eigenvalue weighted by Gasteiger charge is -2.40. The molecule has 1 aliphatic heterocycles. The van der Waals surface area contributed by atoms with Crippen molar-refractivity contribution in [3.8, 4) is 0 Å². The third-order valence-electron chi connectivity index (χ3n) is 12.6. The monoisotopic (exact) mass is 1050 g/mol. The van der Waals surface area contributed by atoms with Crippen molar-refractivity contribution < 1.29 is 58.2 Å². The molecule has 1 aliphatic rings. The highest BCUT2D eigenvalue weighted by atomic mass is 16.7. The molecule has 1 fully saturated rings. The van der Waals surface area contributed by atoms with Crippen LogP contribution in [0.3, 0.4) is 0 Å². The van der Waals surface area contributed by atoms with E-state index in [1.54, 1.807) is 0 Å². The molecule has 1 heterocycles. The van der Waals surface area contributed by atoms with Crippen molar-refractivity contribution in [1.82, 2.24) is 0 Å². The number of hydrogen-bond donors (Lipinski definition) is 3. The number of aliphatic hydroxyl groups excluding tert-OH is 2. The van der Waals surface area contributed by atoms with Crippen LogP contribution in [0.25, 0.3) is 0 Å². The van der Waals surface area contributed by atoms with Gasteiger partial charge < -0.3 is 39.0 Å². The van der Waals surface area contributed by atoms with Gasteiger partial charge in [0.15, 0.2) is 24.6 Å². The van der Waals surface area contributed by atoms with Gasteiger partial charge in [-0.25, -0.2) is 4.79 Å². The summed E-state index contributed by atoms with van der Waals surface area (Å²) in [6.45, 7) is 5.70. The minimum absolute atomic E-state index is 0.000191. The number of carboxylic acid groups (broad SMARTS) is 1. The molecule has 0 amide bonds.